The summed E-state index contributed by atoms with van der Waals surface area (Å²) >= 11 is 1.77. The lowest BCUT2D eigenvalue weighted by Gasteiger charge is -2.27. The van der Waals surface area contributed by atoms with Gasteiger partial charge in [0.25, 0.3) is 0 Å². The molecule has 1 aromatic carbocycles. The van der Waals surface area contributed by atoms with Crippen molar-refractivity contribution in [2.45, 2.75) is 30.3 Å². The zero-order valence-corrected chi connectivity index (χ0v) is 12.0. The van der Waals surface area contributed by atoms with Gasteiger partial charge in [-0.15, -0.1) is 11.8 Å². The van der Waals surface area contributed by atoms with Gasteiger partial charge in [0.15, 0.2) is 0 Å². The number of nitrogens with two attached hydrogens (primary N) is 1. The zero-order valence-electron chi connectivity index (χ0n) is 11.2. The average Bonchev–Trinajstić information content (AvgIpc) is 3.23. The van der Waals surface area contributed by atoms with Crippen LogP contribution >= 0.6 is 11.8 Å². The number of ether oxygens (including phenoxy) is 1. The molecule has 0 radical (unpaired) electrons. The molecule has 3 nitrogen and oxygen atoms in total. The quantitative estimate of drug-likeness (QED) is 0.770. The van der Waals surface area contributed by atoms with Gasteiger partial charge in [-0.05, 0) is 31.2 Å². The van der Waals surface area contributed by atoms with E-state index in [1.165, 1.54) is 29.0 Å². The third-order valence-corrected chi connectivity index (χ3v) is 4.19. The normalized spacial score (nSPS) is 14.8. The minimum Gasteiger partial charge on any atom is -0.383 e. The van der Waals surface area contributed by atoms with Crippen molar-refractivity contribution in [1.82, 2.24) is 0 Å². The molecular formula is C14H22N2OS. The summed E-state index contributed by atoms with van der Waals surface area (Å²) in [5, 5.41) is 0. The largest absolute Gasteiger partial charge is 0.383 e. The van der Waals surface area contributed by atoms with Gasteiger partial charge in [0.1, 0.15) is 0 Å². The molecule has 0 heterocycles. The Morgan fingerprint density at radius 3 is 2.78 bits per heavy atom. The molecular weight excluding hydrogens is 244 g/mol. The number of methoxy groups -OCH3 is 1. The van der Waals surface area contributed by atoms with E-state index in [1.807, 2.05) is 0 Å². The van der Waals surface area contributed by atoms with Gasteiger partial charge in [0.2, 0.25) is 0 Å². The highest BCUT2D eigenvalue weighted by molar-refractivity contribution is 7.98. The molecule has 2 N–H and O–H groups in total. The zero-order chi connectivity index (χ0) is 13.0. The van der Waals surface area contributed by atoms with Crippen LogP contribution in [0.5, 0.6) is 0 Å². The summed E-state index contributed by atoms with van der Waals surface area (Å²) in [6.45, 7) is 2.32. The predicted octanol–water partition coefficient (Wildman–Crippen LogP) is 2.48. The molecule has 1 saturated carbocycles. The van der Waals surface area contributed by atoms with Gasteiger partial charge in [-0.25, -0.2) is 0 Å². The average molecular weight is 266 g/mol. The van der Waals surface area contributed by atoms with Gasteiger partial charge in [-0.3, -0.25) is 0 Å². The molecule has 1 aliphatic rings. The molecule has 2 rings (SSSR count). The number of nitrogens with zero attached hydrogens (tertiary/aromatic N) is 1. The fraction of sp³-hybridized carbons (Fsp3) is 0.571. The first-order chi connectivity index (χ1) is 8.81. The van der Waals surface area contributed by atoms with Crippen LogP contribution in [0.2, 0.25) is 0 Å². The summed E-state index contributed by atoms with van der Waals surface area (Å²) in [6, 6.07) is 7.15. The smallest absolute Gasteiger partial charge is 0.0637 e. The number of anilines is 1. The number of thioether (sulfide) groups is 1. The van der Waals surface area contributed by atoms with Crippen LogP contribution in [-0.2, 0) is 11.3 Å². The fourth-order valence-corrected chi connectivity index (χ4v) is 2.94. The van der Waals surface area contributed by atoms with Crippen molar-refractivity contribution in [2.75, 3.05) is 31.4 Å². The van der Waals surface area contributed by atoms with Crippen molar-refractivity contribution in [3.05, 3.63) is 23.8 Å². The number of rotatable bonds is 7. The Bertz CT molecular complexity index is 393. The molecule has 1 fully saturated rings. The monoisotopic (exact) mass is 266 g/mol. The SMILES string of the molecule is COCCN(c1cccc(SC)c1CN)C1CC1. The lowest BCUT2D eigenvalue weighted by molar-refractivity contribution is 0.205. The van der Waals surface area contributed by atoms with E-state index < -0.39 is 0 Å². The first-order valence-corrected chi connectivity index (χ1v) is 7.65. The molecule has 0 amide bonds. The van der Waals surface area contributed by atoms with Crippen LogP contribution in [0.3, 0.4) is 0 Å². The molecule has 0 aromatic heterocycles. The van der Waals surface area contributed by atoms with E-state index in [-0.39, 0.29) is 0 Å². The molecule has 0 atom stereocenters. The van der Waals surface area contributed by atoms with Gasteiger partial charge in [-0.1, -0.05) is 6.07 Å². The topological polar surface area (TPSA) is 38.5 Å². The Kier molecular flexibility index (Phi) is 4.92. The first kappa shape index (κ1) is 13.7. The minimum absolute atomic E-state index is 0.600. The molecule has 4 heteroatoms. The Morgan fingerprint density at radius 2 is 2.22 bits per heavy atom. The molecule has 0 bridgehead atoms. The second-order valence-corrected chi connectivity index (χ2v) is 5.43. The Balaban J connectivity index is 2.28. The maximum atomic E-state index is 5.94. The molecule has 0 saturated heterocycles. The summed E-state index contributed by atoms with van der Waals surface area (Å²) in [6.07, 6.45) is 4.68. The van der Waals surface area contributed by atoms with E-state index in [4.69, 9.17) is 10.5 Å². The van der Waals surface area contributed by atoms with E-state index in [0.717, 1.165) is 13.2 Å². The highest BCUT2D eigenvalue weighted by atomic mass is 32.2. The number of hydrogen-bond acceptors (Lipinski definition) is 4. The van der Waals surface area contributed by atoms with Gasteiger partial charge < -0.3 is 15.4 Å². The Hall–Kier alpha value is -0.710. The summed E-state index contributed by atoms with van der Waals surface area (Å²) < 4.78 is 5.22. The second kappa shape index (κ2) is 6.45. The van der Waals surface area contributed by atoms with Crippen molar-refractivity contribution in [3.63, 3.8) is 0 Å². The predicted molar refractivity (Wildman–Crippen MR) is 78.4 cm³/mol. The van der Waals surface area contributed by atoms with E-state index in [1.54, 1.807) is 18.9 Å². The Labute approximate surface area is 114 Å². The van der Waals surface area contributed by atoms with Crippen molar-refractivity contribution in [3.8, 4) is 0 Å². The molecule has 18 heavy (non-hydrogen) atoms. The molecule has 0 aliphatic heterocycles. The van der Waals surface area contributed by atoms with Crippen molar-refractivity contribution in [1.29, 1.82) is 0 Å². The number of benzene rings is 1. The molecule has 0 spiro atoms. The van der Waals surface area contributed by atoms with Crippen LogP contribution in [0, 0.1) is 0 Å². The molecule has 1 aromatic rings. The Morgan fingerprint density at radius 1 is 1.44 bits per heavy atom. The molecule has 100 valence electrons. The van der Waals surface area contributed by atoms with Gasteiger partial charge in [-0.2, -0.15) is 0 Å². The highest BCUT2D eigenvalue weighted by Gasteiger charge is 2.30. The summed E-state index contributed by atoms with van der Waals surface area (Å²) in [7, 11) is 1.76. The molecule has 0 unspecified atom stereocenters. The fourth-order valence-electron chi connectivity index (χ4n) is 2.30. The van der Waals surface area contributed by atoms with E-state index in [0.29, 0.717) is 12.6 Å². The minimum atomic E-state index is 0.600. The van der Waals surface area contributed by atoms with Crippen LogP contribution in [0.25, 0.3) is 0 Å². The lowest BCUT2D eigenvalue weighted by Crippen LogP contribution is -2.30. The third kappa shape index (κ3) is 2.99. The maximum Gasteiger partial charge on any atom is 0.0637 e. The van der Waals surface area contributed by atoms with Crippen LogP contribution in [0.4, 0.5) is 5.69 Å². The van der Waals surface area contributed by atoms with Crippen LogP contribution in [0.1, 0.15) is 18.4 Å². The summed E-state index contributed by atoms with van der Waals surface area (Å²) in [5.74, 6) is 0. The van der Waals surface area contributed by atoms with Crippen LogP contribution < -0.4 is 10.6 Å². The van der Waals surface area contributed by atoms with Gasteiger partial charge >= 0.3 is 0 Å². The van der Waals surface area contributed by atoms with E-state index in [9.17, 15) is 0 Å². The van der Waals surface area contributed by atoms with Crippen molar-refractivity contribution in [2.24, 2.45) is 5.73 Å². The maximum absolute atomic E-state index is 5.94. The first-order valence-electron chi connectivity index (χ1n) is 6.43. The lowest BCUT2D eigenvalue weighted by atomic mass is 10.1. The second-order valence-electron chi connectivity index (χ2n) is 4.58. The third-order valence-electron chi connectivity index (χ3n) is 3.37. The van der Waals surface area contributed by atoms with Crippen molar-refractivity contribution >= 4 is 17.4 Å². The van der Waals surface area contributed by atoms with Crippen LogP contribution in [0.15, 0.2) is 23.1 Å². The van der Waals surface area contributed by atoms with Crippen LogP contribution in [-0.4, -0.2) is 32.6 Å². The van der Waals surface area contributed by atoms with E-state index >= 15 is 0 Å². The highest BCUT2D eigenvalue weighted by Crippen LogP contribution is 2.36. The van der Waals surface area contributed by atoms with E-state index in [2.05, 4.69) is 29.4 Å². The van der Waals surface area contributed by atoms with Gasteiger partial charge in [0.05, 0.1) is 6.61 Å². The van der Waals surface area contributed by atoms with Gasteiger partial charge in [0, 0.05) is 42.4 Å². The summed E-state index contributed by atoms with van der Waals surface area (Å²) in [5.41, 5.74) is 8.51. The summed E-state index contributed by atoms with van der Waals surface area (Å²) in [4.78, 5) is 3.75. The molecule has 1 aliphatic carbocycles. The number of hydrogen-bond donors (Lipinski definition) is 1. The standard InChI is InChI=1S/C14H22N2OS/c1-17-9-8-16(11-6-7-11)13-4-3-5-14(18-2)12(13)10-15/h3-5,11H,6-10,15H2,1-2H3. The van der Waals surface area contributed by atoms with Crippen molar-refractivity contribution < 1.29 is 4.74 Å².